The Bertz CT molecular complexity index is 1160. The van der Waals surface area contributed by atoms with Crippen molar-refractivity contribution in [2.24, 2.45) is 0 Å². The number of nitrogens with one attached hydrogen (secondary N) is 3. The average molecular weight is 559 g/mol. The number of carbonyl (C=O) groups is 4. The van der Waals surface area contributed by atoms with E-state index in [0.717, 1.165) is 17.4 Å². The standard InChI is InChI=1S/C23H25ClF2N4O6S/c1-12(2)36-23(34)29-15(10-27-22(33)17-5-6-18(24)37-17)21(32)28-13-3-4-16(14(9-13)20(25)26)30-7-8-35-11-19(30)31/h3-6,9,12,15,20H,7-8,10-11H2,1-2H3,(H,27,33)(H,28,32)(H,29,34)/t15-/m0/s1. The second kappa shape index (κ2) is 12.8. The number of benzene rings is 1. The highest BCUT2D eigenvalue weighted by Gasteiger charge is 2.27. The molecule has 1 fully saturated rings. The van der Waals surface area contributed by atoms with Crippen molar-refractivity contribution in [2.75, 3.05) is 36.5 Å². The number of alkyl halides is 2. The molecular weight excluding hydrogens is 534 g/mol. The van der Waals surface area contributed by atoms with Crippen molar-refractivity contribution in [1.82, 2.24) is 10.6 Å². The van der Waals surface area contributed by atoms with Crippen LogP contribution in [-0.2, 0) is 19.1 Å². The molecule has 14 heteroatoms. The van der Waals surface area contributed by atoms with Gasteiger partial charge in [-0.25, -0.2) is 13.6 Å². The van der Waals surface area contributed by atoms with Gasteiger partial charge in [-0.05, 0) is 44.2 Å². The molecule has 1 saturated heterocycles. The first-order chi connectivity index (χ1) is 17.5. The van der Waals surface area contributed by atoms with Gasteiger partial charge in [-0.2, -0.15) is 0 Å². The Balaban J connectivity index is 1.76. The lowest BCUT2D eigenvalue weighted by Crippen LogP contribution is -2.51. The number of rotatable bonds is 9. The summed E-state index contributed by atoms with van der Waals surface area (Å²) in [6.07, 6.45) is -4.32. The zero-order valence-corrected chi connectivity index (χ0v) is 21.5. The number of alkyl carbamates (subject to hydrolysis) is 1. The fourth-order valence-electron chi connectivity index (χ4n) is 3.37. The van der Waals surface area contributed by atoms with Crippen molar-refractivity contribution in [1.29, 1.82) is 0 Å². The molecule has 0 radical (unpaired) electrons. The lowest BCUT2D eigenvalue weighted by atomic mass is 10.1. The number of thiophene rings is 1. The minimum absolute atomic E-state index is 0.00477. The number of hydrogen-bond donors (Lipinski definition) is 3. The van der Waals surface area contributed by atoms with E-state index in [-0.39, 0.29) is 37.7 Å². The van der Waals surface area contributed by atoms with Crippen LogP contribution in [0.15, 0.2) is 30.3 Å². The van der Waals surface area contributed by atoms with Crippen LogP contribution in [0.3, 0.4) is 0 Å². The monoisotopic (exact) mass is 558 g/mol. The Morgan fingerprint density at radius 2 is 1.97 bits per heavy atom. The molecule has 0 saturated carbocycles. The molecule has 2 aromatic rings. The molecule has 1 atom stereocenters. The number of halogens is 3. The third-order valence-corrected chi connectivity index (χ3v) is 6.25. The van der Waals surface area contributed by atoms with Crippen molar-refractivity contribution in [3.8, 4) is 0 Å². The maximum Gasteiger partial charge on any atom is 0.408 e. The van der Waals surface area contributed by atoms with Gasteiger partial charge in [0.25, 0.3) is 18.2 Å². The third-order valence-electron chi connectivity index (χ3n) is 5.02. The first-order valence-electron chi connectivity index (χ1n) is 11.2. The summed E-state index contributed by atoms with van der Waals surface area (Å²) in [5.74, 6) is -1.77. The van der Waals surface area contributed by atoms with Crippen LogP contribution in [0.2, 0.25) is 4.34 Å². The molecule has 1 aliphatic heterocycles. The van der Waals surface area contributed by atoms with E-state index in [1.54, 1.807) is 13.8 Å². The molecule has 1 aliphatic rings. The first-order valence-corrected chi connectivity index (χ1v) is 12.4. The normalized spacial score (nSPS) is 14.5. The number of carbonyl (C=O) groups excluding carboxylic acids is 4. The van der Waals surface area contributed by atoms with Gasteiger partial charge in [-0.3, -0.25) is 14.4 Å². The second-order valence-electron chi connectivity index (χ2n) is 8.13. The molecule has 3 N–H and O–H groups in total. The van der Waals surface area contributed by atoms with Crippen molar-refractivity contribution in [2.45, 2.75) is 32.4 Å². The Morgan fingerprint density at radius 3 is 2.59 bits per heavy atom. The van der Waals surface area contributed by atoms with Crippen LogP contribution in [-0.4, -0.2) is 62.3 Å². The van der Waals surface area contributed by atoms with Crippen LogP contribution in [0.25, 0.3) is 0 Å². The van der Waals surface area contributed by atoms with E-state index in [1.165, 1.54) is 29.2 Å². The number of amides is 4. The fraction of sp³-hybridized carbons (Fsp3) is 0.391. The van der Waals surface area contributed by atoms with E-state index >= 15 is 0 Å². The average Bonchev–Trinajstić information content (AvgIpc) is 3.27. The van der Waals surface area contributed by atoms with Gasteiger partial charge < -0.3 is 30.3 Å². The smallest absolute Gasteiger partial charge is 0.408 e. The van der Waals surface area contributed by atoms with Crippen molar-refractivity contribution >= 4 is 58.1 Å². The fourth-order valence-corrected chi connectivity index (χ4v) is 4.33. The Morgan fingerprint density at radius 1 is 1.22 bits per heavy atom. The van der Waals surface area contributed by atoms with Crippen molar-refractivity contribution in [3.63, 3.8) is 0 Å². The van der Waals surface area contributed by atoms with Crippen molar-refractivity contribution < 1.29 is 37.4 Å². The number of nitrogens with zero attached hydrogens (tertiary/aromatic N) is 1. The van der Waals surface area contributed by atoms with E-state index in [2.05, 4.69) is 16.0 Å². The van der Waals surface area contributed by atoms with Gasteiger partial charge in [0.1, 0.15) is 12.6 Å². The van der Waals surface area contributed by atoms with Gasteiger partial charge in [0, 0.05) is 24.3 Å². The van der Waals surface area contributed by atoms with E-state index in [4.69, 9.17) is 21.1 Å². The summed E-state index contributed by atoms with van der Waals surface area (Å²) in [6.45, 7) is 3.01. The molecule has 1 aromatic heterocycles. The number of hydrogen-bond acceptors (Lipinski definition) is 7. The molecule has 4 amide bonds. The molecule has 200 valence electrons. The molecule has 0 aliphatic carbocycles. The second-order valence-corrected chi connectivity index (χ2v) is 9.84. The highest BCUT2D eigenvalue weighted by atomic mass is 35.5. The molecule has 10 nitrogen and oxygen atoms in total. The van der Waals surface area contributed by atoms with Gasteiger partial charge in [0.15, 0.2) is 0 Å². The Kier molecular flexibility index (Phi) is 9.78. The highest BCUT2D eigenvalue weighted by molar-refractivity contribution is 7.18. The van der Waals surface area contributed by atoms with Crippen LogP contribution in [0.5, 0.6) is 0 Å². The lowest BCUT2D eigenvalue weighted by Gasteiger charge is -2.29. The predicted octanol–water partition coefficient (Wildman–Crippen LogP) is 3.57. The summed E-state index contributed by atoms with van der Waals surface area (Å²) in [6, 6.07) is 5.45. The highest BCUT2D eigenvalue weighted by Crippen LogP contribution is 2.33. The molecule has 0 spiro atoms. The van der Waals surface area contributed by atoms with Gasteiger partial charge >= 0.3 is 6.09 Å². The third kappa shape index (κ3) is 7.84. The summed E-state index contributed by atoms with van der Waals surface area (Å²) in [4.78, 5) is 51.1. The Labute approximate surface area is 220 Å². The zero-order valence-electron chi connectivity index (χ0n) is 19.9. The minimum Gasteiger partial charge on any atom is -0.447 e. The molecular formula is C23H25ClF2N4O6S. The maximum absolute atomic E-state index is 13.8. The van der Waals surface area contributed by atoms with Crippen LogP contribution in [0, 0.1) is 0 Å². The molecule has 37 heavy (non-hydrogen) atoms. The topological polar surface area (TPSA) is 126 Å². The van der Waals surface area contributed by atoms with Gasteiger partial charge in [0.05, 0.1) is 27.6 Å². The molecule has 0 unspecified atom stereocenters. The van der Waals surface area contributed by atoms with E-state index < -0.39 is 47.9 Å². The number of ether oxygens (including phenoxy) is 2. The summed E-state index contributed by atoms with van der Waals surface area (Å²) < 4.78 is 38.1. The van der Waals surface area contributed by atoms with E-state index in [9.17, 15) is 28.0 Å². The van der Waals surface area contributed by atoms with Crippen LogP contribution in [0.4, 0.5) is 25.0 Å². The van der Waals surface area contributed by atoms with Crippen molar-refractivity contribution in [3.05, 3.63) is 45.1 Å². The van der Waals surface area contributed by atoms with Gasteiger partial charge in [-0.15, -0.1) is 11.3 Å². The summed E-state index contributed by atoms with van der Waals surface area (Å²) in [7, 11) is 0. The number of anilines is 2. The van der Waals surface area contributed by atoms with Crippen LogP contribution < -0.4 is 20.9 Å². The first kappa shape index (κ1) is 28.3. The predicted molar refractivity (Wildman–Crippen MR) is 133 cm³/mol. The summed E-state index contributed by atoms with van der Waals surface area (Å²) in [5.41, 5.74) is -0.442. The van der Waals surface area contributed by atoms with Gasteiger partial charge in [0.2, 0.25) is 5.91 Å². The Hall–Kier alpha value is -3.29. The quantitative estimate of drug-likeness (QED) is 0.432. The largest absolute Gasteiger partial charge is 0.447 e. The van der Waals surface area contributed by atoms with Gasteiger partial charge in [-0.1, -0.05) is 11.6 Å². The molecule has 3 rings (SSSR count). The molecule has 1 aromatic carbocycles. The SMILES string of the molecule is CC(C)OC(=O)N[C@@H](CNC(=O)c1ccc(Cl)s1)C(=O)Nc1ccc(N2CCOCC2=O)c(C(F)F)c1. The molecule has 2 heterocycles. The number of morpholine rings is 1. The van der Waals surface area contributed by atoms with E-state index in [1.807, 2.05) is 0 Å². The summed E-state index contributed by atoms with van der Waals surface area (Å²) >= 11 is 6.88. The lowest BCUT2D eigenvalue weighted by molar-refractivity contribution is -0.125. The zero-order chi connectivity index (χ0) is 27.1. The van der Waals surface area contributed by atoms with Crippen LogP contribution in [0.1, 0.15) is 35.5 Å². The van der Waals surface area contributed by atoms with Crippen LogP contribution >= 0.6 is 22.9 Å². The summed E-state index contributed by atoms with van der Waals surface area (Å²) in [5, 5.41) is 7.36. The van der Waals surface area contributed by atoms with E-state index in [0.29, 0.717) is 9.21 Å². The maximum atomic E-state index is 13.8. The molecule has 0 bridgehead atoms. The minimum atomic E-state index is -2.94.